The Morgan fingerprint density at radius 1 is 1.21 bits per heavy atom. The van der Waals surface area contributed by atoms with Gasteiger partial charge in [0.2, 0.25) is 0 Å². The van der Waals surface area contributed by atoms with Crippen molar-refractivity contribution in [2.45, 2.75) is 70.3 Å². The first-order chi connectivity index (χ1) is 9.21. The molecule has 1 saturated carbocycles. The van der Waals surface area contributed by atoms with E-state index in [2.05, 4.69) is 0 Å². The number of hydrogen-bond acceptors (Lipinski definition) is 4. The second kappa shape index (κ2) is 7.02. The molecule has 2 aliphatic rings. The highest BCUT2D eigenvalue weighted by atomic mass is 16.7. The molecule has 0 aromatic carbocycles. The summed E-state index contributed by atoms with van der Waals surface area (Å²) in [6.07, 6.45) is 6.82. The fourth-order valence-electron chi connectivity index (χ4n) is 3.58. The molecule has 2 fully saturated rings. The van der Waals surface area contributed by atoms with E-state index in [1.54, 1.807) is 0 Å². The summed E-state index contributed by atoms with van der Waals surface area (Å²) in [6, 6.07) is -0.0405. The molecule has 0 amide bonds. The number of rotatable bonds is 6. The molecule has 112 valence electrons. The van der Waals surface area contributed by atoms with Crippen molar-refractivity contribution >= 4 is 0 Å². The lowest BCUT2D eigenvalue weighted by molar-refractivity contribution is -0.171. The Bertz CT molecular complexity index is 260. The molecule has 2 atom stereocenters. The maximum Gasteiger partial charge on any atom is 0.172 e. The Balaban J connectivity index is 1.94. The molecule has 1 aliphatic heterocycles. The third-order valence-electron chi connectivity index (χ3n) is 4.57. The van der Waals surface area contributed by atoms with Crippen molar-refractivity contribution in [3.63, 3.8) is 0 Å². The predicted molar refractivity (Wildman–Crippen MR) is 74.9 cm³/mol. The third-order valence-corrected chi connectivity index (χ3v) is 4.57. The number of ether oxygens (including phenoxy) is 3. The van der Waals surface area contributed by atoms with Gasteiger partial charge in [0, 0.05) is 19.8 Å². The van der Waals surface area contributed by atoms with E-state index >= 15 is 0 Å². The second-order valence-electron chi connectivity index (χ2n) is 5.85. The van der Waals surface area contributed by atoms with E-state index in [4.69, 9.17) is 19.9 Å². The van der Waals surface area contributed by atoms with E-state index in [-0.39, 0.29) is 17.9 Å². The lowest BCUT2D eigenvalue weighted by Crippen LogP contribution is -2.50. The summed E-state index contributed by atoms with van der Waals surface area (Å²) in [6.45, 7) is 6.10. The van der Waals surface area contributed by atoms with E-state index in [9.17, 15) is 0 Å². The molecule has 0 radical (unpaired) electrons. The maximum atomic E-state index is 6.41. The van der Waals surface area contributed by atoms with Crippen LogP contribution in [0.3, 0.4) is 0 Å². The Morgan fingerprint density at radius 2 is 1.84 bits per heavy atom. The van der Waals surface area contributed by atoms with Gasteiger partial charge in [0.25, 0.3) is 0 Å². The van der Waals surface area contributed by atoms with Crippen molar-refractivity contribution in [3.05, 3.63) is 0 Å². The normalized spacial score (nSPS) is 28.1. The Morgan fingerprint density at radius 3 is 2.42 bits per heavy atom. The minimum atomic E-state index is -0.267. The van der Waals surface area contributed by atoms with Crippen LogP contribution in [0.25, 0.3) is 0 Å². The first kappa shape index (κ1) is 15.2. The first-order valence-corrected chi connectivity index (χ1v) is 7.83. The van der Waals surface area contributed by atoms with Crippen LogP contribution < -0.4 is 5.73 Å². The summed E-state index contributed by atoms with van der Waals surface area (Å²) in [4.78, 5) is 0. The van der Waals surface area contributed by atoms with Gasteiger partial charge in [-0.1, -0.05) is 12.8 Å². The van der Waals surface area contributed by atoms with Crippen LogP contribution in [0.1, 0.15) is 52.4 Å². The Kier molecular flexibility index (Phi) is 5.63. The smallest absolute Gasteiger partial charge is 0.172 e. The van der Waals surface area contributed by atoms with Crippen LogP contribution in [0.2, 0.25) is 0 Å². The lowest BCUT2D eigenvalue weighted by atomic mass is 9.80. The molecule has 0 bridgehead atoms. The van der Waals surface area contributed by atoms with Gasteiger partial charge in [-0.05, 0) is 45.4 Å². The molecule has 1 heterocycles. The minimum Gasteiger partial charge on any atom is -0.375 e. The van der Waals surface area contributed by atoms with E-state index in [1.165, 1.54) is 25.7 Å². The summed E-state index contributed by atoms with van der Waals surface area (Å²) in [5.41, 5.74) is 6.52. The molecule has 4 heteroatoms. The molecule has 1 saturated heterocycles. The minimum absolute atomic E-state index is 0.0405. The monoisotopic (exact) mass is 271 g/mol. The molecule has 19 heavy (non-hydrogen) atoms. The molecule has 2 unspecified atom stereocenters. The highest BCUT2D eigenvalue weighted by Gasteiger charge is 2.42. The summed E-state index contributed by atoms with van der Waals surface area (Å²) in [5, 5.41) is 0. The molecule has 0 aromatic heterocycles. The van der Waals surface area contributed by atoms with E-state index < -0.39 is 0 Å². The van der Waals surface area contributed by atoms with Crippen LogP contribution in [0.4, 0.5) is 0 Å². The van der Waals surface area contributed by atoms with Crippen LogP contribution in [0, 0.1) is 5.92 Å². The van der Waals surface area contributed by atoms with Gasteiger partial charge in [0.05, 0.1) is 11.6 Å². The molecule has 1 aliphatic carbocycles. The summed E-state index contributed by atoms with van der Waals surface area (Å²) in [5.74, 6) is 0.454. The van der Waals surface area contributed by atoms with Crippen LogP contribution in [-0.2, 0) is 14.2 Å². The summed E-state index contributed by atoms with van der Waals surface area (Å²) < 4.78 is 17.4. The Labute approximate surface area is 117 Å². The second-order valence-corrected chi connectivity index (χ2v) is 5.85. The molecule has 4 nitrogen and oxygen atoms in total. The summed E-state index contributed by atoms with van der Waals surface area (Å²) >= 11 is 0. The predicted octanol–water partition coefficient (Wildman–Crippen LogP) is 2.45. The highest BCUT2D eigenvalue weighted by Crippen LogP contribution is 2.43. The molecule has 2 N–H and O–H groups in total. The van der Waals surface area contributed by atoms with Crippen molar-refractivity contribution in [1.82, 2.24) is 0 Å². The molecule has 0 aromatic rings. The first-order valence-electron chi connectivity index (χ1n) is 7.83. The van der Waals surface area contributed by atoms with Gasteiger partial charge in [-0.2, -0.15) is 0 Å². The van der Waals surface area contributed by atoms with Crippen LogP contribution in [0.15, 0.2) is 0 Å². The fraction of sp³-hybridized carbons (Fsp3) is 1.00. The molecular weight excluding hydrogens is 242 g/mol. The maximum absolute atomic E-state index is 6.41. The topological polar surface area (TPSA) is 53.7 Å². The number of nitrogens with two attached hydrogens (primary N) is 1. The van der Waals surface area contributed by atoms with Gasteiger partial charge in [-0.15, -0.1) is 0 Å². The SMILES string of the molecule is CCOC(OCC)C(N)C1CCOC2(CCCC2)C1. The standard InChI is InChI=1S/C15H29NO3/c1-3-17-14(18-4-2)13(16)12-7-10-19-15(11-12)8-5-6-9-15/h12-14H,3-11,16H2,1-2H3. The fourth-order valence-corrected chi connectivity index (χ4v) is 3.58. The van der Waals surface area contributed by atoms with Gasteiger partial charge in [-0.25, -0.2) is 0 Å². The number of hydrogen-bond donors (Lipinski definition) is 1. The van der Waals surface area contributed by atoms with Gasteiger partial charge in [0.1, 0.15) is 0 Å². The van der Waals surface area contributed by atoms with Crippen LogP contribution in [0.5, 0.6) is 0 Å². The third kappa shape index (κ3) is 3.69. The molecule has 2 rings (SSSR count). The lowest BCUT2D eigenvalue weighted by Gasteiger charge is -2.41. The molecular formula is C15H29NO3. The Hall–Kier alpha value is -0.160. The molecule has 1 spiro atoms. The average Bonchev–Trinajstić information content (AvgIpc) is 2.86. The van der Waals surface area contributed by atoms with E-state index in [0.717, 1.165) is 19.4 Å². The van der Waals surface area contributed by atoms with Crippen LogP contribution >= 0.6 is 0 Å². The largest absolute Gasteiger partial charge is 0.375 e. The zero-order valence-corrected chi connectivity index (χ0v) is 12.4. The van der Waals surface area contributed by atoms with Gasteiger partial charge in [-0.3, -0.25) is 0 Å². The van der Waals surface area contributed by atoms with Crippen LogP contribution in [-0.4, -0.2) is 37.8 Å². The van der Waals surface area contributed by atoms with E-state index in [1.807, 2.05) is 13.8 Å². The quantitative estimate of drug-likeness (QED) is 0.754. The zero-order chi connectivity index (χ0) is 13.7. The van der Waals surface area contributed by atoms with Crippen molar-refractivity contribution in [1.29, 1.82) is 0 Å². The highest BCUT2D eigenvalue weighted by molar-refractivity contribution is 4.94. The van der Waals surface area contributed by atoms with Crippen molar-refractivity contribution in [2.24, 2.45) is 11.7 Å². The summed E-state index contributed by atoms with van der Waals surface area (Å²) in [7, 11) is 0. The van der Waals surface area contributed by atoms with Gasteiger partial charge < -0.3 is 19.9 Å². The average molecular weight is 271 g/mol. The van der Waals surface area contributed by atoms with Gasteiger partial charge >= 0.3 is 0 Å². The van der Waals surface area contributed by atoms with Crippen molar-refractivity contribution in [2.75, 3.05) is 19.8 Å². The van der Waals surface area contributed by atoms with Crippen molar-refractivity contribution in [3.8, 4) is 0 Å². The van der Waals surface area contributed by atoms with E-state index in [0.29, 0.717) is 19.1 Å². The zero-order valence-electron chi connectivity index (χ0n) is 12.4. The van der Waals surface area contributed by atoms with Crippen molar-refractivity contribution < 1.29 is 14.2 Å². The van der Waals surface area contributed by atoms with Gasteiger partial charge in [0.15, 0.2) is 6.29 Å².